The summed E-state index contributed by atoms with van der Waals surface area (Å²) in [6, 6.07) is 5.00. The number of anilines is 2. The van der Waals surface area contributed by atoms with Crippen molar-refractivity contribution in [2.45, 2.75) is 19.4 Å². The first-order valence-electron chi connectivity index (χ1n) is 5.90. The van der Waals surface area contributed by atoms with Crippen molar-refractivity contribution in [3.05, 3.63) is 18.2 Å². The minimum atomic E-state index is -0.160. The summed E-state index contributed by atoms with van der Waals surface area (Å²) in [4.78, 5) is 14.0. The molecule has 5 heteroatoms. The summed E-state index contributed by atoms with van der Waals surface area (Å²) in [5.74, 6) is 0.516. The van der Waals surface area contributed by atoms with Gasteiger partial charge in [0.05, 0.1) is 18.8 Å². The average Bonchev–Trinajstić information content (AvgIpc) is 2.31. The Morgan fingerprint density at radius 3 is 2.67 bits per heavy atom. The fourth-order valence-corrected chi connectivity index (χ4v) is 1.81. The number of hydrogen-bond acceptors (Lipinski definition) is 4. The molecule has 1 atom stereocenters. The van der Waals surface area contributed by atoms with Crippen molar-refractivity contribution in [3.63, 3.8) is 0 Å². The van der Waals surface area contributed by atoms with E-state index >= 15 is 0 Å². The van der Waals surface area contributed by atoms with E-state index in [9.17, 15) is 4.79 Å². The van der Waals surface area contributed by atoms with E-state index in [1.165, 1.54) is 0 Å². The fourth-order valence-electron chi connectivity index (χ4n) is 1.81. The Kier molecular flexibility index (Phi) is 4.97. The number of carbonyl (C=O) groups is 1. The number of benzene rings is 1. The summed E-state index contributed by atoms with van der Waals surface area (Å²) in [5.41, 5.74) is 6.90. The van der Waals surface area contributed by atoms with Crippen LogP contribution in [0.3, 0.4) is 0 Å². The van der Waals surface area contributed by atoms with Gasteiger partial charge in [0.2, 0.25) is 5.91 Å². The van der Waals surface area contributed by atoms with Gasteiger partial charge in [-0.05, 0) is 32.6 Å². The maximum Gasteiger partial charge on any atom is 0.241 e. The highest BCUT2D eigenvalue weighted by Gasteiger charge is 2.19. The number of likely N-dealkylation sites (N-methyl/N-ethyl adjacent to an activating group) is 1. The number of nitrogens with one attached hydrogen (secondary N) is 1. The Balaban J connectivity index is 2.87. The van der Waals surface area contributed by atoms with E-state index in [2.05, 4.69) is 5.32 Å². The summed E-state index contributed by atoms with van der Waals surface area (Å²) in [7, 11) is 5.32. The number of rotatable bonds is 5. The van der Waals surface area contributed by atoms with Crippen molar-refractivity contribution in [2.24, 2.45) is 0 Å². The lowest BCUT2D eigenvalue weighted by Crippen LogP contribution is -2.39. The Labute approximate surface area is 108 Å². The first kappa shape index (κ1) is 14.3. The number of hydrogen-bond donors (Lipinski definition) is 2. The largest absolute Gasteiger partial charge is 0.494 e. The Hall–Kier alpha value is -1.75. The lowest BCUT2D eigenvalue weighted by atomic mass is 10.2. The second-order valence-corrected chi connectivity index (χ2v) is 4.34. The number of nitrogens with zero attached hydrogens (tertiary/aromatic N) is 1. The molecule has 100 valence electrons. The number of nitrogen functional groups attached to an aromatic ring is 1. The lowest BCUT2D eigenvalue weighted by molar-refractivity contribution is -0.120. The van der Waals surface area contributed by atoms with E-state index in [4.69, 9.17) is 10.5 Å². The predicted octanol–water partition coefficient (Wildman–Crippen LogP) is 1.56. The van der Waals surface area contributed by atoms with Gasteiger partial charge in [0, 0.05) is 11.8 Å². The third-order valence-corrected chi connectivity index (χ3v) is 2.80. The number of carbonyl (C=O) groups excluding carboxylic acids is 1. The van der Waals surface area contributed by atoms with Crippen molar-refractivity contribution >= 4 is 17.3 Å². The van der Waals surface area contributed by atoms with E-state index in [-0.39, 0.29) is 11.9 Å². The van der Waals surface area contributed by atoms with Crippen LogP contribution in [0.4, 0.5) is 11.4 Å². The highest BCUT2D eigenvalue weighted by atomic mass is 16.5. The molecular formula is C13H21N3O2. The highest BCUT2D eigenvalue weighted by molar-refractivity contribution is 5.96. The average molecular weight is 251 g/mol. The Morgan fingerprint density at radius 2 is 2.17 bits per heavy atom. The van der Waals surface area contributed by atoms with Gasteiger partial charge in [-0.15, -0.1) is 0 Å². The summed E-state index contributed by atoms with van der Waals surface area (Å²) in [6.45, 7) is 1.98. The van der Waals surface area contributed by atoms with Gasteiger partial charge in [-0.3, -0.25) is 9.69 Å². The van der Waals surface area contributed by atoms with Crippen LogP contribution in [0.15, 0.2) is 18.2 Å². The summed E-state index contributed by atoms with van der Waals surface area (Å²) in [6.07, 6.45) is 0.746. The maximum absolute atomic E-state index is 12.1. The molecule has 0 bridgehead atoms. The molecule has 1 aromatic carbocycles. The van der Waals surface area contributed by atoms with Gasteiger partial charge in [0.15, 0.2) is 0 Å². The molecule has 0 spiro atoms. The monoisotopic (exact) mass is 251 g/mol. The standard InChI is InChI=1S/C13H21N3O2/c1-5-11(16(2)3)13(17)15-10-7-6-9(14)8-12(10)18-4/h6-8,11H,5,14H2,1-4H3,(H,15,17). The number of ether oxygens (including phenoxy) is 1. The van der Waals surface area contributed by atoms with Gasteiger partial charge in [0.1, 0.15) is 5.75 Å². The highest BCUT2D eigenvalue weighted by Crippen LogP contribution is 2.26. The van der Waals surface area contributed by atoms with Crippen LogP contribution in [0.2, 0.25) is 0 Å². The molecule has 0 saturated carbocycles. The smallest absolute Gasteiger partial charge is 0.241 e. The number of amides is 1. The zero-order valence-corrected chi connectivity index (χ0v) is 11.4. The molecule has 5 nitrogen and oxygen atoms in total. The predicted molar refractivity (Wildman–Crippen MR) is 73.8 cm³/mol. The fraction of sp³-hybridized carbons (Fsp3) is 0.462. The van der Waals surface area contributed by atoms with Crippen LogP contribution in [-0.2, 0) is 4.79 Å². The van der Waals surface area contributed by atoms with Gasteiger partial charge in [0.25, 0.3) is 0 Å². The summed E-state index contributed by atoms with van der Waals surface area (Å²) in [5, 5.41) is 2.86. The molecule has 1 unspecified atom stereocenters. The molecule has 0 saturated heterocycles. The van der Waals surface area contributed by atoms with Gasteiger partial charge >= 0.3 is 0 Å². The molecule has 1 rings (SSSR count). The maximum atomic E-state index is 12.1. The molecule has 0 aliphatic rings. The van der Waals surface area contributed by atoms with Crippen LogP contribution in [0.1, 0.15) is 13.3 Å². The summed E-state index contributed by atoms with van der Waals surface area (Å²) >= 11 is 0. The molecule has 0 fully saturated rings. The van der Waals surface area contributed by atoms with Crippen LogP contribution in [0.5, 0.6) is 5.75 Å². The SMILES string of the molecule is CCC(C(=O)Nc1ccc(N)cc1OC)N(C)C. The van der Waals surface area contributed by atoms with Gasteiger partial charge in [-0.25, -0.2) is 0 Å². The van der Waals surface area contributed by atoms with Crippen LogP contribution in [-0.4, -0.2) is 38.1 Å². The van der Waals surface area contributed by atoms with E-state index in [1.54, 1.807) is 25.3 Å². The van der Waals surface area contributed by atoms with Crippen LogP contribution in [0, 0.1) is 0 Å². The van der Waals surface area contributed by atoms with Gasteiger partial charge < -0.3 is 15.8 Å². The molecule has 0 aromatic heterocycles. The second kappa shape index (κ2) is 6.26. The van der Waals surface area contributed by atoms with Crippen molar-refractivity contribution in [3.8, 4) is 5.75 Å². The first-order valence-corrected chi connectivity index (χ1v) is 5.90. The molecule has 0 aliphatic carbocycles. The van der Waals surface area contributed by atoms with Crippen molar-refractivity contribution in [1.29, 1.82) is 0 Å². The minimum absolute atomic E-state index is 0.0504. The van der Waals surface area contributed by atoms with E-state index < -0.39 is 0 Å². The molecule has 1 amide bonds. The lowest BCUT2D eigenvalue weighted by Gasteiger charge is -2.22. The zero-order valence-electron chi connectivity index (χ0n) is 11.4. The first-order chi connectivity index (χ1) is 8.49. The summed E-state index contributed by atoms with van der Waals surface area (Å²) < 4.78 is 5.19. The second-order valence-electron chi connectivity index (χ2n) is 4.34. The third kappa shape index (κ3) is 3.37. The van der Waals surface area contributed by atoms with E-state index in [1.807, 2.05) is 25.9 Å². The zero-order chi connectivity index (χ0) is 13.7. The van der Waals surface area contributed by atoms with Gasteiger partial charge in [-0.1, -0.05) is 6.92 Å². The molecular weight excluding hydrogens is 230 g/mol. The Morgan fingerprint density at radius 1 is 1.50 bits per heavy atom. The third-order valence-electron chi connectivity index (χ3n) is 2.80. The van der Waals surface area contributed by atoms with E-state index in [0.717, 1.165) is 6.42 Å². The van der Waals surface area contributed by atoms with Crippen molar-refractivity contribution in [2.75, 3.05) is 32.3 Å². The molecule has 0 heterocycles. The minimum Gasteiger partial charge on any atom is -0.494 e. The number of methoxy groups -OCH3 is 1. The van der Waals surface area contributed by atoms with Crippen molar-refractivity contribution < 1.29 is 9.53 Å². The number of nitrogens with two attached hydrogens (primary N) is 1. The van der Waals surface area contributed by atoms with E-state index in [0.29, 0.717) is 17.1 Å². The van der Waals surface area contributed by atoms with Crippen LogP contribution >= 0.6 is 0 Å². The van der Waals surface area contributed by atoms with Crippen LogP contribution in [0.25, 0.3) is 0 Å². The molecule has 0 radical (unpaired) electrons. The molecule has 0 aliphatic heterocycles. The quantitative estimate of drug-likeness (QED) is 0.779. The van der Waals surface area contributed by atoms with Gasteiger partial charge in [-0.2, -0.15) is 0 Å². The normalized spacial score (nSPS) is 12.3. The molecule has 3 N–H and O–H groups in total. The van der Waals surface area contributed by atoms with Crippen LogP contribution < -0.4 is 15.8 Å². The Bertz CT molecular complexity index is 419. The molecule has 1 aromatic rings. The molecule has 18 heavy (non-hydrogen) atoms. The van der Waals surface area contributed by atoms with Crippen molar-refractivity contribution in [1.82, 2.24) is 4.90 Å². The topological polar surface area (TPSA) is 67.6 Å².